The molecule has 1 heterocycles. The van der Waals surface area contributed by atoms with E-state index in [9.17, 15) is 4.79 Å². The van der Waals surface area contributed by atoms with Crippen LogP contribution in [0.3, 0.4) is 0 Å². The predicted molar refractivity (Wildman–Crippen MR) is 100 cm³/mol. The van der Waals surface area contributed by atoms with Gasteiger partial charge in [-0.1, -0.05) is 48.5 Å². The number of esters is 1. The fourth-order valence-corrected chi connectivity index (χ4v) is 2.62. The lowest BCUT2D eigenvalue weighted by Gasteiger charge is -2.10. The summed E-state index contributed by atoms with van der Waals surface area (Å²) >= 11 is 0. The summed E-state index contributed by atoms with van der Waals surface area (Å²) in [6.07, 6.45) is 0. The molecule has 0 bridgehead atoms. The molecule has 26 heavy (non-hydrogen) atoms. The molecule has 0 aliphatic rings. The Morgan fingerprint density at radius 1 is 0.923 bits per heavy atom. The molecule has 0 aliphatic carbocycles. The number of nitrogens with zero attached hydrogens (tertiary/aromatic N) is 1. The van der Waals surface area contributed by atoms with Crippen molar-refractivity contribution in [1.29, 1.82) is 0 Å². The Balaban J connectivity index is 1.81. The SMILES string of the molecule is COCCOCCOC(=O)c1cc(-c2ccccc2)nc2ccccc12. The fourth-order valence-electron chi connectivity index (χ4n) is 2.62. The van der Waals surface area contributed by atoms with Gasteiger partial charge in [0.15, 0.2) is 0 Å². The van der Waals surface area contributed by atoms with E-state index in [1.807, 2.05) is 54.6 Å². The number of hydrogen-bond donors (Lipinski definition) is 0. The molecule has 0 fully saturated rings. The summed E-state index contributed by atoms with van der Waals surface area (Å²) < 4.78 is 15.6. The van der Waals surface area contributed by atoms with Crippen LogP contribution in [0, 0.1) is 0 Å². The number of aromatic nitrogens is 1. The number of fused-ring (bicyclic) bond motifs is 1. The zero-order valence-electron chi connectivity index (χ0n) is 14.7. The third-order valence-electron chi connectivity index (χ3n) is 3.90. The van der Waals surface area contributed by atoms with Gasteiger partial charge < -0.3 is 14.2 Å². The number of pyridine rings is 1. The lowest BCUT2D eigenvalue weighted by Crippen LogP contribution is -2.13. The average Bonchev–Trinajstić information content (AvgIpc) is 2.70. The Morgan fingerprint density at radius 2 is 1.65 bits per heavy atom. The second-order valence-corrected chi connectivity index (χ2v) is 5.68. The van der Waals surface area contributed by atoms with Crippen LogP contribution in [-0.4, -0.2) is 44.5 Å². The zero-order valence-corrected chi connectivity index (χ0v) is 14.7. The molecule has 0 aliphatic heterocycles. The van der Waals surface area contributed by atoms with Crippen molar-refractivity contribution in [2.45, 2.75) is 0 Å². The quantitative estimate of drug-likeness (QED) is 0.457. The third kappa shape index (κ3) is 4.45. The topological polar surface area (TPSA) is 57.7 Å². The highest BCUT2D eigenvalue weighted by Gasteiger charge is 2.15. The first-order valence-electron chi connectivity index (χ1n) is 8.48. The van der Waals surface area contributed by atoms with Gasteiger partial charge in [0.2, 0.25) is 0 Å². The summed E-state index contributed by atoms with van der Waals surface area (Å²) in [4.78, 5) is 17.3. The van der Waals surface area contributed by atoms with Gasteiger partial charge in [-0.25, -0.2) is 9.78 Å². The van der Waals surface area contributed by atoms with Crippen LogP contribution in [-0.2, 0) is 14.2 Å². The molecular formula is C21H21NO4. The van der Waals surface area contributed by atoms with Crippen LogP contribution in [0.4, 0.5) is 0 Å². The average molecular weight is 351 g/mol. The van der Waals surface area contributed by atoms with Gasteiger partial charge in [-0.2, -0.15) is 0 Å². The van der Waals surface area contributed by atoms with Gasteiger partial charge in [-0.05, 0) is 12.1 Å². The maximum absolute atomic E-state index is 12.6. The smallest absolute Gasteiger partial charge is 0.338 e. The molecule has 2 aromatic carbocycles. The summed E-state index contributed by atoms with van der Waals surface area (Å²) in [5.41, 5.74) is 2.96. The van der Waals surface area contributed by atoms with Crippen LogP contribution in [0.1, 0.15) is 10.4 Å². The summed E-state index contributed by atoms with van der Waals surface area (Å²) in [7, 11) is 1.61. The van der Waals surface area contributed by atoms with Gasteiger partial charge in [-0.15, -0.1) is 0 Å². The van der Waals surface area contributed by atoms with Gasteiger partial charge >= 0.3 is 5.97 Å². The molecule has 3 aromatic rings. The normalized spacial score (nSPS) is 10.8. The first-order chi connectivity index (χ1) is 12.8. The minimum atomic E-state index is -0.379. The Kier molecular flexibility index (Phi) is 6.30. The van der Waals surface area contributed by atoms with E-state index in [-0.39, 0.29) is 12.6 Å². The summed E-state index contributed by atoms with van der Waals surface area (Å²) in [5, 5.41) is 0.775. The monoisotopic (exact) mass is 351 g/mol. The number of carbonyl (C=O) groups is 1. The van der Waals surface area contributed by atoms with E-state index in [0.29, 0.717) is 25.4 Å². The maximum atomic E-state index is 12.6. The highest BCUT2D eigenvalue weighted by molar-refractivity contribution is 6.04. The molecule has 1 aromatic heterocycles. The molecule has 5 heteroatoms. The van der Waals surface area contributed by atoms with E-state index in [1.54, 1.807) is 13.2 Å². The number of hydrogen-bond acceptors (Lipinski definition) is 5. The Labute approximate surface area is 152 Å². The van der Waals surface area contributed by atoms with Crippen LogP contribution in [0.2, 0.25) is 0 Å². The van der Waals surface area contributed by atoms with E-state index in [0.717, 1.165) is 22.2 Å². The Hall–Kier alpha value is -2.76. The molecule has 0 spiro atoms. The van der Waals surface area contributed by atoms with Crippen LogP contribution < -0.4 is 0 Å². The van der Waals surface area contributed by atoms with Gasteiger partial charge in [-0.3, -0.25) is 0 Å². The molecule has 0 saturated heterocycles. The van der Waals surface area contributed by atoms with Crippen molar-refractivity contribution < 1.29 is 19.0 Å². The van der Waals surface area contributed by atoms with Crippen molar-refractivity contribution in [1.82, 2.24) is 4.98 Å². The minimum absolute atomic E-state index is 0.194. The molecule has 0 radical (unpaired) electrons. The molecule has 5 nitrogen and oxygen atoms in total. The summed E-state index contributed by atoms with van der Waals surface area (Å²) in [5.74, 6) is -0.379. The molecule has 0 unspecified atom stereocenters. The zero-order chi connectivity index (χ0) is 18.2. The van der Waals surface area contributed by atoms with Crippen LogP contribution in [0.5, 0.6) is 0 Å². The fraction of sp³-hybridized carbons (Fsp3) is 0.238. The second-order valence-electron chi connectivity index (χ2n) is 5.68. The maximum Gasteiger partial charge on any atom is 0.338 e. The molecule has 0 atom stereocenters. The van der Waals surface area contributed by atoms with Gasteiger partial charge in [0.05, 0.1) is 36.6 Å². The van der Waals surface area contributed by atoms with E-state index in [4.69, 9.17) is 14.2 Å². The lowest BCUT2D eigenvalue weighted by molar-refractivity contribution is 0.0215. The van der Waals surface area contributed by atoms with E-state index in [1.165, 1.54) is 0 Å². The molecule has 134 valence electrons. The van der Waals surface area contributed by atoms with Crippen molar-refractivity contribution >= 4 is 16.9 Å². The van der Waals surface area contributed by atoms with Crippen molar-refractivity contribution in [3.05, 3.63) is 66.2 Å². The van der Waals surface area contributed by atoms with Crippen LogP contribution in [0.15, 0.2) is 60.7 Å². The first-order valence-corrected chi connectivity index (χ1v) is 8.48. The Morgan fingerprint density at radius 3 is 2.46 bits per heavy atom. The third-order valence-corrected chi connectivity index (χ3v) is 3.90. The minimum Gasteiger partial charge on any atom is -0.460 e. The first kappa shape index (κ1) is 18.0. The highest BCUT2D eigenvalue weighted by Crippen LogP contribution is 2.25. The van der Waals surface area contributed by atoms with Crippen molar-refractivity contribution in [3.63, 3.8) is 0 Å². The van der Waals surface area contributed by atoms with Gasteiger partial charge in [0.1, 0.15) is 6.61 Å². The lowest BCUT2D eigenvalue weighted by atomic mass is 10.0. The highest BCUT2D eigenvalue weighted by atomic mass is 16.6. The van der Waals surface area contributed by atoms with E-state index in [2.05, 4.69) is 4.98 Å². The number of methoxy groups -OCH3 is 1. The standard InChI is InChI=1S/C21H21NO4/c1-24-11-12-25-13-14-26-21(23)18-15-20(16-7-3-2-4-8-16)22-19-10-6-5-9-17(18)19/h2-10,15H,11-14H2,1H3. The summed E-state index contributed by atoms with van der Waals surface area (Å²) in [6, 6.07) is 19.1. The van der Waals surface area contributed by atoms with Crippen LogP contribution >= 0.6 is 0 Å². The van der Waals surface area contributed by atoms with E-state index >= 15 is 0 Å². The molecule has 0 N–H and O–H groups in total. The Bertz CT molecular complexity index is 864. The predicted octanol–water partition coefficient (Wildman–Crippen LogP) is 3.72. The largest absolute Gasteiger partial charge is 0.460 e. The van der Waals surface area contributed by atoms with Crippen molar-refractivity contribution in [2.24, 2.45) is 0 Å². The van der Waals surface area contributed by atoms with Gasteiger partial charge in [0, 0.05) is 18.1 Å². The number of para-hydroxylation sites is 1. The van der Waals surface area contributed by atoms with Crippen LogP contribution in [0.25, 0.3) is 22.2 Å². The number of carbonyl (C=O) groups excluding carboxylic acids is 1. The molecule has 3 rings (SSSR count). The van der Waals surface area contributed by atoms with E-state index < -0.39 is 0 Å². The number of ether oxygens (including phenoxy) is 3. The molecular weight excluding hydrogens is 330 g/mol. The molecule has 0 saturated carbocycles. The molecule has 0 amide bonds. The van der Waals surface area contributed by atoms with Crippen molar-refractivity contribution in [3.8, 4) is 11.3 Å². The van der Waals surface area contributed by atoms with Crippen molar-refractivity contribution in [2.75, 3.05) is 33.5 Å². The summed E-state index contributed by atoms with van der Waals surface area (Å²) in [6.45, 7) is 1.53. The number of rotatable bonds is 8. The van der Waals surface area contributed by atoms with Gasteiger partial charge in [0.25, 0.3) is 0 Å². The second kappa shape index (κ2) is 9.08. The number of benzene rings is 2.